The summed E-state index contributed by atoms with van der Waals surface area (Å²) in [5.41, 5.74) is -7.73. The molecule has 3 rings (SSSR count). The summed E-state index contributed by atoms with van der Waals surface area (Å²) in [5, 5.41) is 14.2. The number of aryl methyl sites for hydroxylation is 2. The van der Waals surface area contributed by atoms with Gasteiger partial charge in [-0.15, -0.1) is 0 Å². The number of hydrogen-bond acceptors (Lipinski definition) is 5. The number of nitriles is 1. The Labute approximate surface area is 250 Å². The Morgan fingerprint density at radius 3 is 2.00 bits per heavy atom. The highest BCUT2D eigenvalue weighted by Gasteiger charge is 2.73. The van der Waals surface area contributed by atoms with E-state index in [9.17, 15) is 50.4 Å². The normalized spacial score (nSPS) is 11.9. The van der Waals surface area contributed by atoms with Gasteiger partial charge >= 0.3 is 18.0 Å². The van der Waals surface area contributed by atoms with E-state index in [2.05, 4.69) is 10.6 Å². The Kier molecular flexibility index (Phi) is 9.88. The van der Waals surface area contributed by atoms with Gasteiger partial charge in [0.15, 0.2) is 0 Å². The smallest absolute Gasteiger partial charge is 0.352 e. The van der Waals surface area contributed by atoms with Gasteiger partial charge in [0.05, 0.1) is 17.2 Å². The van der Waals surface area contributed by atoms with Gasteiger partial charge in [-0.25, -0.2) is 14.6 Å². The van der Waals surface area contributed by atoms with Crippen LogP contribution in [0.4, 0.5) is 40.8 Å². The SMILES string of the molecule is Cc1cc(C(F)(C(F)(F)F)C(F)(F)F)cc(C)c1NC(=O)c1cccc(-c2cc(C(=O)NCCC(=O)NN)ccc2C#N)c1F. The summed E-state index contributed by atoms with van der Waals surface area (Å²) < 4.78 is 110. The molecular formula is C29H23F8N5O3. The molecule has 8 nitrogen and oxygen atoms in total. The van der Waals surface area contributed by atoms with Crippen LogP contribution in [-0.4, -0.2) is 36.6 Å². The lowest BCUT2D eigenvalue weighted by atomic mass is 9.90. The predicted molar refractivity (Wildman–Crippen MR) is 145 cm³/mol. The van der Waals surface area contributed by atoms with Crippen molar-refractivity contribution in [3.8, 4) is 17.2 Å². The van der Waals surface area contributed by atoms with Crippen LogP contribution >= 0.6 is 0 Å². The zero-order valence-corrected chi connectivity index (χ0v) is 23.3. The Morgan fingerprint density at radius 1 is 0.867 bits per heavy atom. The summed E-state index contributed by atoms with van der Waals surface area (Å²) in [5.74, 6) is 1.41. The predicted octanol–water partition coefficient (Wildman–Crippen LogP) is 5.63. The van der Waals surface area contributed by atoms with Gasteiger partial charge < -0.3 is 10.6 Å². The fourth-order valence-corrected chi connectivity index (χ4v) is 4.41. The first kappa shape index (κ1) is 34.5. The molecule has 3 amide bonds. The number of hydrazine groups is 1. The summed E-state index contributed by atoms with van der Waals surface area (Å²) in [6, 6.07) is 9.55. The molecule has 0 spiro atoms. The lowest BCUT2D eigenvalue weighted by molar-refractivity contribution is -0.348. The van der Waals surface area contributed by atoms with Crippen molar-refractivity contribution in [2.45, 2.75) is 38.3 Å². The molecule has 0 unspecified atom stereocenters. The second-order valence-electron chi connectivity index (χ2n) is 9.71. The minimum atomic E-state index is -6.35. The van der Waals surface area contributed by atoms with Crippen LogP contribution in [0.25, 0.3) is 11.1 Å². The number of carbonyl (C=O) groups is 3. The number of anilines is 1. The van der Waals surface area contributed by atoms with Gasteiger partial charge in [-0.1, -0.05) is 24.3 Å². The van der Waals surface area contributed by atoms with E-state index in [1.165, 1.54) is 30.3 Å². The minimum absolute atomic E-state index is 0.0283. The molecule has 238 valence electrons. The Morgan fingerprint density at radius 2 is 1.47 bits per heavy atom. The van der Waals surface area contributed by atoms with Gasteiger partial charge in [0.25, 0.3) is 11.8 Å². The van der Waals surface area contributed by atoms with Crippen LogP contribution in [0.15, 0.2) is 48.5 Å². The molecule has 0 saturated heterocycles. The largest absolute Gasteiger partial charge is 0.435 e. The van der Waals surface area contributed by atoms with E-state index in [0.717, 1.165) is 19.9 Å². The molecule has 0 radical (unpaired) electrons. The quantitative estimate of drug-likeness (QED) is 0.109. The van der Waals surface area contributed by atoms with Crippen LogP contribution in [0, 0.1) is 31.0 Å². The monoisotopic (exact) mass is 641 g/mol. The molecular weight excluding hydrogens is 618 g/mol. The molecule has 0 fully saturated rings. The maximum atomic E-state index is 15.7. The van der Waals surface area contributed by atoms with Crippen molar-refractivity contribution in [3.63, 3.8) is 0 Å². The van der Waals surface area contributed by atoms with E-state index in [1.54, 1.807) is 0 Å². The number of nitrogens with zero attached hydrogens (tertiary/aromatic N) is 1. The third-order valence-electron chi connectivity index (χ3n) is 6.68. The standard InChI is InChI=1S/C29H23F8N5O3/c1-14-10-18(27(31,28(32,33)34)29(35,36)37)11-15(2)24(14)41-26(45)20-5-3-4-19(23(20)30)21-12-16(6-7-17(21)13-38)25(44)40-9-8-22(43)42-39/h3-7,10-12H,8-9,39H2,1-2H3,(H,40,44)(H,41,45)(H,42,43). The summed E-state index contributed by atoms with van der Waals surface area (Å²) >= 11 is 0. The third kappa shape index (κ3) is 6.88. The average Bonchev–Trinajstić information content (AvgIpc) is 2.96. The Hall–Kier alpha value is -5.04. The molecule has 16 heteroatoms. The van der Waals surface area contributed by atoms with Gasteiger partial charge in [0, 0.05) is 40.9 Å². The maximum Gasteiger partial charge on any atom is 0.435 e. The highest BCUT2D eigenvalue weighted by atomic mass is 19.4. The first-order valence-corrected chi connectivity index (χ1v) is 12.7. The third-order valence-corrected chi connectivity index (χ3v) is 6.68. The summed E-state index contributed by atoms with van der Waals surface area (Å²) in [7, 11) is 0. The maximum absolute atomic E-state index is 15.7. The molecule has 0 aromatic heterocycles. The van der Waals surface area contributed by atoms with E-state index in [-0.39, 0.29) is 64.2 Å². The van der Waals surface area contributed by atoms with Crippen molar-refractivity contribution in [1.29, 1.82) is 5.26 Å². The van der Waals surface area contributed by atoms with Crippen LogP contribution in [-0.2, 0) is 10.5 Å². The molecule has 0 aliphatic carbocycles. The fraction of sp³-hybridized carbons (Fsp3) is 0.241. The van der Waals surface area contributed by atoms with Crippen LogP contribution in [0.5, 0.6) is 0 Å². The topological polar surface area (TPSA) is 137 Å². The van der Waals surface area contributed by atoms with E-state index in [1.807, 2.05) is 11.5 Å². The summed E-state index contributed by atoms with van der Waals surface area (Å²) in [4.78, 5) is 36.9. The lowest BCUT2D eigenvalue weighted by Gasteiger charge is -2.31. The summed E-state index contributed by atoms with van der Waals surface area (Å²) in [6.07, 6.45) is -12.8. The van der Waals surface area contributed by atoms with E-state index in [0.29, 0.717) is 0 Å². The average molecular weight is 642 g/mol. The van der Waals surface area contributed by atoms with Gasteiger partial charge in [0.1, 0.15) is 5.82 Å². The van der Waals surface area contributed by atoms with Gasteiger partial charge in [-0.3, -0.25) is 19.8 Å². The number of hydrogen-bond donors (Lipinski definition) is 4. The van der Waals surface area contributed by atoms with E-state index >= 15 is 4.39 Å². The van der Waals surface area contributed by atoms with Crippen LogP contribution in [0.1, 0.15) is 49.4 Å². The molecule has 0 bridgehead atoms. The molecule has 0 aliphatic heterocycles. The van der Waals surface area contributed by atoms with Crippen molar-refractivity contribution in [1.82, 2.24) is 10.7 Å². The second kappa shape index (κ2) is 12.9. The van der Waals surface area contributed by atoms with Crippen molar-refractivity contribution < 1.29 is 49.5 Å². The first-order valence-electron chi connectivity index (χ1n) is 12.7. The second-order valence-corrected chi connectivity index (χ2v) is 9.71. The number of nitrogens with two attached hydrogens (primary N) is 1. The van der Waals surface area contributed by atoms with Crippen molar-refractivity contribution >= 4 is 23.4 Å². The van der Waals surface area contributed by atoms with Crippen LogP contribution < -0.4 is 21.9 Å². The lowest BCUT2D eigenvalue weighted by Crippen LogP contribution is -2.50. The number of carbonyl (C=O) groups excluding carboxylic acids is 3. The number of amides is 3. The van der Waals surface area contributed by atoms with Gasteiger partial charge in [0.2, 0.25) is 5.91 Å². The Balaban J connectivity index is 1.98. The molecule has 0 atom stereocenters. The van der Waals surface area contributed by atoms with Crippen LogP contribution in [0.2, 0.25) is 0 Å². The van der Waals surface area contributed by atoms with Crippen molar-refractivity contribution in [2.24, 2.45) is 5.84 Å². The van der Waals surface area contributed by atoms with Gasteiger partial charge in [-0.05, 0) is 49.2 Å². The molecule has 45 heavy (non-hydrogen) atoms. The highest BCUT2D eigenvalue weighted by Crippen LogP contribution is 2.53. The zero-order valence-electron chi connectivity index (χ0n) is 23.3. The number of benzene rings is 3. The highest BCUT2D eigenvalue weighted by molar-refractivity contribution is 6.06. The number of halogens is 8. The molecule has 5 N–H and O–H groups in total. The molecule has 0 heterocycles. The molecule has 0 aliphatic rings. The minimum Gasteiger partial charge on any atom is -0.352 e. The Bertz CT molecular complexity index is 1660. The molecule has 3 aromatic carbocycles. The first-order chi connectivity index (χ1) is 20.9. The zero-order chi connectivity index (χ0) is 33.9. The molecule has 3 aromatic rings. The fourth-order valence-electron chi connectivity index (χ4n) is 4.41. The van der Waals surface area contributed by atoms with Crippen LogP contribution in [0.3, 0.4) is 0 Å². The summed E-state index contributed by atoms with van der Waals surface area (Å²) in [6.45, 7) is 1.97. The molecule has 0 saturated carbocycles. The van der Waals surface area contributed by atoms with E-state index in [4.69, 9.17) is 5.84 Å². The number of alkyl halides is 7. The van der Waals surface area contributed by atoms with E-state index < -0.39 is 52.7 Å². The number of rotatable bonds is 8. The van der Waals surface area contributed by atoms with Gasteiger partial charge in [-0.2, -0.15) is 31.6 Å². The number of nitrogens with one attached hydrogen (secondary N) is 3. The van der Waals surface area contributed by atoms with Crippen molar-refractivity contribution in [3.05, 3.63) is 87.7 Å². The van der Waals surface area contributed by atoms with Crippen molar-refractivity contribution in [2.75, 3.05) is 11.9 Å².